The number of likely N-dealkylation sites (tertiary alicyclic amines) is 1. The highest BCUT2D eigenvalue weighted by Crippen LogP contribution is 2.28. The van der Waals surface area contributed by atoms with E-state index in [1.165, 1.54) is 0 Å². The largest absolute Gasteiger partial charge is 0.337 e. The number of carbonyl (C=O) groups excluding carboxylic acids is 1. The molecule has 1 saturated heterocycles. The molecule has 1 aromatic carbocycles. The first kappa shape index (κ1) is 17.2. The van der Waals surface area contributed by atoms with Gasteiger partial charge in [0.15, 0.2) is 5.69 Å². The molecule has 24 heavy (non-hydrogen) atoms. The molecule has 3 rings (SSSR count). The molecule has 2 aromatic rings. The van der Waals surface area contributed by atoms with Crippen molar-refractivity contribution in [3.05, 3.63) is 46.2 Å². The minimum absolute atomic E-state index is 0.0195. The maximum absolute atomic E-state index is 12.8. The summed E-state index contributed by atoms with van der Waals surface area (Å²) in [5.41, 5.74) is 8.46. The van der Waals surface area contributed by atoms with Crippen molar-refractivity contribution in [3.8, 4) is 5.69 Å². The lowest BCUT2D eigenvalue weighted by atomic mass is 9.79. The monoisotopic (exact) mass is 390 g/mol. The van der Waals surface area contributed by atoms with Gasteiger partial charge in [0.1, 0.15) is 0 Å². The number of benzene rings is 1. The van der Waals surface area contributed by atoms with Crippen molar-refractivity contribution in [2.24, 2.45) is 11.1 Å². The third-order valence-electron chi connectivity index (χ3n) is 4.78. The summed E-state index contributed by atoms with van der Waals surface area (Å²) < 4.78 is 2.82. The zero-order valence-corrected chi connectivity index (χ0v) is 15.9. The Morgan fingerprint density at radius 2 is 2.00 bits per heavy atom. The number of nitrogens with zero attached hydrogens (tertiary/aromatic N) is 3. The van der Waals surface area contributed by atoms with Gasteiger partial charge >= 0.3 is 0 Å². The molecule has 0 aliphatic carbocycles. The van der Waals surface area contributed by atoms with Crippen molar-refractivity contribution in [1.29, 1.82) is 0 Å². The van der Waals surface area contributed by atoms with E-state index in [0.717, 1.165) is 22.3 Å². The number of hydrogen-bond donors (Lipinski definition) is 1. The summed E-state index contributed by atoms with van der Waals surface area (Å²) in [5.74, 6) is -0.0195. The number of piperidine rings is 1. The fourth-order valence-corrected chi connectivity index (χ4v) is 3.40. The van der Waals surface area contributed by atoms with Gasteiger partial charge in [-0.05, 0) is 49.1 Å². The summed E-state index contributed by atoms with van der Waals surface area (Å²) in [4.78, 5) is 14.7. The Balaban J connectivity index is 1.84. The molecule has 1 aliphatic rings. The number of amides is 1. The van der Waals surface area contributed by atoms with Crippen molar-refractivity contribution in [2.75, 3.05) is 13.1 Å². The van der Waals surface area contributed by atoms with Crippen molar-refractivity contribution in [1.82, 2.24) is 14.7 Å². The molecule has 1 unspecified atom stereocenters. The van der Waals surface area contributed by atoms with Crippen LogP contribution in [0.3, 0.4) is 0 Å². The summed E-state index contributed by atoms with van der Waals surface area (Å²) in [6, 6.07) is 9.86. The zero-order valence-electron chi connectivity index (χ0n) is 14.3. The Kier molecular flexibility index (Phi) is 4.53. The number of nitrogens with two attached hydrogens (primary N) is 1. The Hall–Kier alpha value is -1.66. The van der Waals surface area contributed by atoms with Crippen LogP contribution < -0.4 is 5.73 Å². The first-order chi connectivity index (χ1) is 11.3. The molecule has 1 aliphatic heterocycles. The maximum atomic E-state index is 12.8. The molecule has 5 nitrogen and oxygen atoms in total. The van der Waals surface area contributed by atoms with Crippen LogP contribution in [-0.4, -0.2) is 39.7 Å². The molecule has 2 N–H and O–H groups in total. The van der Waals surface area contributed by atoms with Crippen LogP contribution in [0.2, 0.25) is 0 Å². The van der Waals surface area contributed by atoms with Gasteiger partial charge in [0.2, 0.25) is 0 Å². The molecule has 2 heterocycles. The lowest BCUT2D eigenvalue weighted by Crippen LogP contribution is -2.54. The Morgan fingerprint density at radius 3 is 2.62 bits per heavy atom. The predicted molar refractivity (Wildman–Crippen MR) is 98.3 cm³/mol. The van der Waals surface area contributed by atoms with E-state index in [9.17, 15) is 4.79 Å². The van der Waals surface area contributed by atoms with Crippen LogP contribution >= 0.6 is 15.9 Å². The van der Waals surface area contributed by atoms with E-state index < -0.39 is 0 Å². The number of aryl methyl sites for hydroxylation is 1. The SMILES string of the molecule is Cc1cc(C(=O)N2CCC(N)C(C)(C)C2)nn1-c1ccc(Br)cc1. The molecule has 0 radical (unpaired) electrons. The molecular formula is C18H23BrN4O. The summed E-state index contributed by atoms with van der Waals surface area (Å²) in [6.45, 7) is 7.54. The van der Waals surface area contributed by atoms with E-state index >= 15 is 0 Å². The highest BCUT2D eigenvalue weighted by molar-refractivity contribution is 9.10. The standard InChI is InChI=1S/C18H23BrN4O/c1-12-10-15(21-23(12)14-6-4-13(19)5-7-14)17(24)22-9-8-16(20)18(2,3)11-22/h4-7,10,16H,8-9,11,20H2,1-3H3. The third-order valence-corrected chi connectivity index (χ3v) is 5.31. The van der Waals surface area contributed by atoms with Crippen molar-refractivity contribution in [2.45, 2.75) is 33.2 Å². The van der Waals surface area contributed by atoms with Crippen molar-refractivity contribution in [3.63, 3.8) is 0 Å². The molecule has 1 atom stereocenters. The molecule has 1 amide bonds. The second-order valence-corrected chi connectivity index (χ2v) is 8.09. The smallest absolute Gasteiger partial charge is 0.274 e. The van der Waals surface area contributed by atoms with Gasteiger partial charge in [-0.1, -0.05) is 29.8 Å². The van der Waals surface area contributed by atoms with Crippen LogP contribution in [0, 0.1) is 12.3 Å². The van der Waals surface area contributed by atoms with Crippen LogP contribution in [0.25, 0.3) is 5.69 Å². The third kappa shape index (κ3) is 3.26. The van der Waals surface area contributed by atoms with Gasteiger partial charge < -0.3 is 10.6 Å². The quantitative estimate of drug-likeness (QED) is 0.856. The number of aromatic nitrogens is 2. The lowest BCUT2D eigenvalue weighted by molar-refractivity contribution is 0.0527. The second-order valence-electron chi connectivity index (χ2n) is 7.17. The van der Waals surface area contributed by atoms with Crippen molar-refractivity contribution < 1.29 is 4.79 Å². The number of rotatable bonds is 2. The normalized spacial score (nSPS) is 20.2. The molecule has 0 saturated carbocycles. The number of carbonyl (C=O) groups is 1. The van der Waals surface area contributed by atoms with Gasteiger partial charge in [-0.2, -0.15) is 5.10 Å². The van der Waals surface area contributed by atoms with E-state index in [0.29, 0.717) is 18.8 Å². The average molecular weight is 391 g/mol. The topological polar surface area (TPSA) is 64.2 Å². The molecule has 1 fully saturated rings. The lowest BCUT2D eigenvalue weighted by Gasteiger charge is -2.42. The van der Waals surface area contributed by atoms with Gasteiger partial charge in [-0.25, -0.2) is 4.68 Å². The molecule has 1 aromatic heterocycles. The zero-order chi connectivity index (χ0) is 17.5. The maximum Gasteiger partial charge on any atom is 0.274 e. The number of halogens is 1. The van der Waals surface area contributed by atoms with Crippen LogP contribution in [-0.2, 0) is 0 Å². The molecule has 0 bridgehead atoms. The molecule has 128 valence electrons. The van der Waals surface area contributed by atoms with E-state index in [2.05, 4.69) is 34.9 Å². The summed E-state index contributed by atoms with van der Waals surface area (Å²) in [7, 11) is 0. The van der Waals surface area contributed by atoms with E-state index in [1.54, 1.807) is 4.68 Å². The van der Waals surface area contributed by atoms with Crippen LogP contribution in [0.5, 0.6) is 0 Å². The van der Waals surface area contributed by atoms with Gasteiger partial charge in [-0.3, -0.25) is 4.79 Å². The highest BCUT2D eigenvalue weighted by atomic mass is 79.9. The molecule has 6 heteroatoms. The van der Waals surface area contributed by atoms with Crippen LogP contribution in [0.1, 0.15) is 36.5 Å². The fraction of sp³-hybridized carbons (Fsp3) is 0.444. The fourth-order valence-electron chi connectivity index (χ4n) is 3.13. The summed E-state index contributed by atoms with van der Waals surface area (Å²) in [5, 5.41) is 4.53. The van der Waals surface area contributed by atoms with Gasteiger partial charge in [0.05, 0.1) is 5.69 Å². The molecular weight excluding hydrogens is 368 g/mol. The second kappa shape index (κ2) is 6.33. The minimum atomic E-state index is -0.0722. The average Bonchev–Trinajstić information content (AvgIpc) is 2.92. The van der Waals surface area contributed by atoms with Gasteiger partial charge in [0.25, 0.3) is 5.91 Å². The van der Waals surface area contributed by atoms with Gasteiger partial charge in [-0.15, -0.1) is 0 Å². The van der Waals surface area contributed by atoms with E-state index in [4.69, 9.17) is 5.73 Å². The first-order valence-electron chi connectivity index (χ1n) is 8.15. The Labute approximate surface area is 151 Å². The van der Waals surface area contributed by atoms with Crippen LogP contribution in [0.15, 0.2) is 34.8 Å². The Bertz CT molecular complexity index is 751. The Morgan fingerprint density at radius 1 is 1.33 bits per heavy atom. The highest BCUT2D eigenvalue weighted by Gasteiger charge is 2.36. The predicted octanol–water partition coefficient (Wildman–Crippen LogP) is 3.14. The number of hydrogen-bond acceptors (Lipinski definition) is 3. The first-order valence-corrected chi connectivity index (χ1v) is 8.95. The van der Waals surface area contributed by atoms with Gasteiger partial charge in [0, 0.05) is 29.3 Å². The van der Waals surface area contributed by atoms with E-state index in [-0.39, 0.29) is 17.4 Å². The minimum Gasteiger partial charge on any atom is -0.337 e. The molecule has 0 spiro atoms. The summed E-state index contributed by atoms with van der Waals surface area (Å²) in [6.07, 6.45) is 0.825. The van der Waals surface area contributed by atoms with Crippen molar-refractivity contribution >= 4 is 21.8 Å². The van der Waals surface area contributed by atoms with E-state index in [1.807, 2.05) is 42.2 Å². The van der Waals surface area contributed by atoms with Crippen LogP contribution in [0.4, 0.5) is 0 Å². The summed E-state index contributed by atoms with van der Waals surface area (Å²) >= 11 is 3.43.